The Morgan fingerprint density at radius 2 is 1.72 bits per heavy atom. The van der Waals surface area contributed by atoms with Crippen molar-refractivity contribution in [1.82, 2.24) is 15.4 Å². The molecule has 160 valence electrons. The van der Waals surface area contributed by atoms with E-state index in [1.807, 2.05) is 37.3 Å². The second-order valence-corrected chi connectivity index (χ2v) is 8.08. The third kappa shape index (κ3) is 10.0. The molecule has 2 aromatic carbocycles. The number of rotatable bonds is 10. The molecule has 0 bridgehead atoms. The van der Waals surface area contributed by atoms with Gasteiger partial charge in [-0.2, -0.15) is 0 Å². The molecule has 0 saturated carbocycles. The molecule has 0 aliphatic heterocycles. The van der Waals surface area contributed by atoms with Gasteiger partial charge in [0.05, 0.1) is 12.3 Å². The van der Waals surface area contributed by atoms with Gasteiger partial charge in [0.1, 0.15) is 5.82 Å². The molecule has 0 aromatic heterocycles. The average Bonchev–Trinajstić information content (AvgIpc) is 2.69. The van der Waals surface area contributed by atoms with Gasteiger partial charge in [0.25, 0.3) is 0 Å². The minimum atomic E-state index is -3.42. The molecule has 0 aliphatic rings. The number of guanidine groups is 1. The summed E-state index contributed by atoms with van der Waals surface area (Å²) >= 11 is 0. The van der Waals surface area contributed by atoms with Crippen molar-refractivity contribution in [2.24, 2.45) is 4.99 Å². The molecule has 3 N–H and O–H groups in total. The van der Waals surface area contributed by atoms with Crippen LogP contribution in [0.2, 0.25) is 0 Å². The van der Waals surface area contributed by atoms with E-state index < -0.39 is 10.0 Å². The first-order valence-corrected chi connectivity index (χ1v) is 10.9. The highest BCUT2D eigenvalue weighted by atomic mass is 127. The van der Waals surface area contributed by atoms with Gasteiger partial charge in [0.2, 0.25) is 10.0 Å². The van der Waals surface area contributed by atoms with Crippen molar-refractivity contribution in [3.63, 3.8) is 0 Å². The zero-order chi connectivity index (χ0) is 20.2. The summed E-state index contributed by atoms with van der Waals surface area (Å²) in [6.07, 6.45) is 0.508. The number of aliphatic imine (C=N–C) groups is 1. The second-order valence-electron chi connectivity index (χ2n) is 6.15. The van der Waals surface area contributed by atoms with Gasteiger partial charge < -0.3 is 10.6 Å². The average molecular weight is 534 g/mol. The first kappa shape index (κ1) is 25.3. The summed E-state index contributed by atoms with van der Waals surface area (Å²) in [5.74, 6) is 0.169. The van der Waals surface area contributed by atoms with Gasteiger partial charge in [0, 0.05) is 19.6 Å². The van der Waals surface area contributed by atoms with Gasteiger partial charge in [0.15, 0.2) is 5.96 Å². The lowest BCUT2D eigenvalue weighted by molar-refractivity contribution is 0.581. The van der Waals surface area contributed by atoms with Gasteiger partial charge in [-0.1, -0.05) is 48.5 Å². The Hall–Kier alpha value is -1.72. The molecule has 2 aromatic rings. The zero-order valence-corrected chi connectivity index (χ0v) is 19.5. The molecule has 0 aliphatic carbocycles. The van der Waals surface area contributed by atoms with E-state index in [1.54, 1.807) is 18.2 Å². The Balaban J connectivity index is 0.00000420. The fourth-order valence-electron chi connectivity index (χ4n) is 2.50. The van der Waals surface area contributed by atoms with E-state index in [2.05, 4.69) is 20.3 Å². The molecule has 2 rings (SSSR count). The Kier molecular flexibility index (Phi) is 11.8. The van der Waals surface area contributed by atoms with Crippen molar-refractivity contribution in [3.05, 3.63) is 71.5 Å². The van der Waals surface area contributed by atoms with Crippen LogP contribution >= 0.6 is 24.0 Å². The number of halogens is 2. The molecule has 0 heterocycles. The molecule has 0 unspecified atom stereocenters. The highest BCUT2D eigenvalue weighted by Crippen LogP contribution is 2.06. The van der Waals surface area contributed by atoms with Crippen LogP contribution in [0, 0.1) is 5.82 Å². The Bertz CT molecular complexity index is 864. The lowest BCUT2D eigenvalue weighted by atomic mass is 10.1. The van der Waals surface area contributed by atoms with Crippen molar-refractivity contribution in [1.29, 1.82) is 0 Å². The van der Waals surface area contributed by atoms with Crippen molar-refractivity contribution >= 4 is 40.0 Å². The number of sulfonamides is 1. The lowest BCUT2D eigenvalue weighted by Gasteiger charge is -2.12. The summed E-state index contributed by atoms with van der Waals surface area (Å²) in [5.41, 5.74) is 1.52. The van der Waals surface area contributed by atoms with Crippen molar-refractivity contribution in [3.8, 4) is 0 Å². The van der Waals surface area contributed by atoms with Crippen LogP contribution in [0.4, 0.5) is 4.39 Å². The van der Waals surface area contributed by atoms with Crippen LogP contribution in [0.25, 0.3) is 0 Å². The van der Waals surface area contributed by atoms with E-state index in [-0.39, 0.29) is 48.6 Å². The Morgan fingerprint density at radius 1 is 1.03 bits per heavy atom. The third-order valence-corrected chi connectivity index (χ3v) is 5.26. The maximum absolute atomic E-state index is 13.6. The Labute approximate surface area is 189 Å². The maximum Gasteiger partial charge on any atom is 0.213 e. The summed E-state index contributed by atoms with van der Waals surface area (Å²) in [4.78, 5) is 4.29. The van der Waals surface area contributed by atoms with Crippen LogP contribution in [0.3, 0.4) is 0 Å². The molecule has 6 nitrogen and oxygen atoms in total. The van der Waals surface area contributed by atoms with E-state index in [1.165, 1.54) is 6.07 Å². The number of nitrogens with zero attached hydrogens (tertiary/aromatic N) is 1. The van der Waals surface area contributed by atoms with E-state index in [4.69, 9.17) is 0 Å². The number of hydrogen-bond donors (Lipinski definition) is 3. The predicted octanol–water partition coefficient (Wildman–Crippen LogP) is 2.66. The van der Waals surface area contributed by atoms with Crippen LogP contribution in [0.1, 0.15) is 18.1 Å². The molecule has 0 fully saturated rings. The smallest absolute Gasteiger partial charge is 0.213 e. The lowest BCUT2D eigenvalue weighted by Crippen LogP contribution is -2.39. The third-order valence-electron chi connectivity index (χ3n) is 3.96. The fourth-order valence-corrected chi connectivity index (χ4v) is 3.36. The quantitative estimate of drug-likeness (QED) is 0.249. The molecule has 0 spiro atoms. The van der Waals surface area contributed by atoms with E-state index in [0.717, 1.165) is 5.56 Å². The Morgan fingerprint density at radius 3 is 2.41 bits per heavy atom. The maximum atomic E-state index is 13.6. The molecular weight excluding hydrogens is 506 g/mol. The minimum absolute atomic E-state index is 0. The van der Waals surface area contributed by atoms with E-state index >= 15 is 0 Å². The number of nitrogens with one attached hydrogen (secondary N) is 3. The minimum Gasteiger partial charge on any atom is -0.357 e. The van der Waals surface area contributed by atoms with Gasteiger partial charge in [-0.3, -0.25) is 4.99 Å². The van der Waals surface area contributed by atoms with Crippen molar-refractivity contribution in [2.75, 3.05) is 25.4 Å². The van der Waals surface area contributed by atoms with Gasteiger partial charge in [-0.25, -0.2) is 17.5 Å². The fraction of sp³-hybridized carbons (Fsp3) is 0.350. The summed E-state index contributed by atoms with van der Waals surface area (Å²) in [6, 6.07) is 16.0. The first-order valence-electron chi connectivity index (χ1n) is 9.27. The summed E-state index contributed by atoms with van der Waals surface area (Å²) in [6.45, 7) is 3.44. The molecule has 29 heavy (non-hydrogen) atoms. The number of benzene rings is 2. The summed E-state index contributed by atoms with van der Waals surface area (Å²) in [5, 5.41) is 6.15. The monoisotopic (exact) mass is 534 g/mol. The zero-order valence-electron chi connectivity index (χ0n) is 16.4. The van der Waals surface area contributed by atoms with E-state index in [0.29, 0.717) is 31.0 Å². The van der Waals surface area contributed by atoms with Crippen LogP contribution in [0.5, 0.6) is 0 Å². The molecule has 0 atom stereocenters. The molecule has 0 radical (unpaired) electrons. The van der Waals surface area contributed by atoms with Crippen LogP contribution < -0.4 is 15.4 Å². The molecule has 0 amide bonds. The van der Waals surface area contributed by atoms with Gasteiger partial charge in [-0.05, 0) is 30.5 Å². The van der Waals surface area contributed by atoms with Crippen LogP contribution in [-0.2, 0) is 23.0 Å². The summed E-state index contributed by atoms with van der Waals surface area (Å²) < 4.78 is 40.5. The SMILES string of the molecule is CCNC(=NCCS(=O)(=O)NCc1ccccc1)NCCc1ccccc1F.I. The van der Waals surface area contributed by atoms with Crippen LogP contribution in [0.15, 0.2) is 59.6 Å². The van der Waals surface area contributed by atoms with Crippen LogP contribution in [-0.4, -0.2) is 39.8 Å². The van der Waals surface area contributed by atoms with E-state index in [9.17, 15) is 12.8 Å². The van der Waals surface area contributed by atoms with Gasteiger partial charge >= 0.3 is 0 Å². The highest BCUT2D eigenvalue weighted by Gasteiger charge is 2.09. The second kappa shape index (κ2) is 13.5. The largest absolute Gasteiger partial charge is 0.357 e. The predicted molar refractivity (Wildman–Crippen MR) is 127 cm³/mol. The standard InChI is InChI=1S/C20H27FN4O2S.HI/c1-2-22-20(23-13-12-18-10-6-7-11-19(18)21)24-14-15-28(26,27)25-16-17-8-4-3-5-9-17;/h3-11,25H,2,12-16H2,1H3,(H2,22,23,24);1H. The molecular formula is C20H28FIN4O2S. The van der Waals surface area contributed by atoms with Crippen molar-refractivity contribution in [2.45, 2.75) is 19.9 Å². The topological polar surface area (TPSA) is 82.6 Å². The summed E-state index contributed by atoms with van der Waals surface area (Å²) in [7, 11) is -3.42. The highest BCUT2D eigenvalue weighted by molar-refractivity contribution is 14.0. The van der Waals surface area contributed by atoms with Gasteiger partial charge in [-0.15, -0.1) is 24.0 Å². The normalized spacial score (nSPS) is 11.6. The number of hydrogen-bond acceptors (Lipinski definition) is 3. The van der Waals surface area contributed by atoms with Crippen molar-refractivity contribution < 1.29 is 12.8 Å². The molecule has 0 saturated heterocycles. The first-order chi connectivity index (χ1) is 13.5. The molecule has 9 heteroatoms.